The number of hydrogen-bond acceptors (Lipinski definition) is 5. The number of benzene rings is 1. The molecule has 106 valence electrons. The SMILES string of the molecule is CNc1nc(OC(C)C)nc(-c2cccc(C)c2C)n1. The Balaban J connectivity index is 2.52. The lowest BCUT2D eigenvalue weighted by atomic mass is 10.0. The van der Waals surface area contributed by atoms with E-state index < -0.39 is 0 Å². The summed E-state index contributed by atoms with van der Waals surface area (Å²) >= 11 is 0. The maximum absolute atomic E-state index is 5.59. The van der Waals surface area contributed by atoms with Crippen LogP contribution in [0.4, 0.5) is 5.95 Å². The van der Waals surface area contributed by atoms with Crippen LogP contribution in [-0.2, 0) is 0 Å². The van der Waals surface area contributed by atoms with Gasteiger partial charge in [0, 0.05) is 12.6 Å². The zero-order valence-corrected chi connectivity index (χ0v) is 12.6. The topological polar surface area (TPSA) is 59.9 Å². The van der Waals surface area contributed by atoms with Crippen molar-refractivity contribution in [3.8, 4) is 17.4 Å². The number of aryl methyl sites for hydroxylation is 1. The normalized spacial score (nSPS) is 10.7. The molecule has 5 heteroatoms. The van der Waals surface area contributed by atoms with Gasteiger partial charge in [0.2, 0.25) is 5.95 Å². The Morgan fingerprint density at radius 3 is 2.50 bits per heavy atom. The Labute approximate surface area is 119 Å². The second-order valence-corrected chi connectivity index (χ2v) is 4.93. The minimum absolute atomic E-state index is 0.0218. The van der Waals surface area contributed by atoms with Crippen LogP contribution < -0.4 is 10.1 Å². The van der Waals surface area contributed by atoms with Gasteiger partial charge in [0.1, 0.15) is 0 Å². The van der Waals surface area contributed by atoms with Crippen molar-refractivity contribution in [3.05, 3.63) is 29.3 Å². The van der Waals surface area contributed by atoms with Crippen molar-refractivity contribution in [1.29, 1.82) is 0 Å². The number of hydrogen-bond donors (Lipinski definition) is 1. The van der Waals surface area contributed by atoms with E-state index in [1.807, 2.05) is 26.0 Å². The summed E-state index contributed by atoms with van der Waals surface area (Å²) in [5, 5.41) is 2.94. The molecule has 1 heterocycles. The van der Waals surface area contributed by atoms with Crippen LogP contribution in [0.5, 0.6) is 6.01 Å². The fraction of sp³-hybridized carbons (Fsp3) is 0.400. The lowest BCUT2D eigenvalue weighted by molar-refractivity contribution is 0.222. The molecule has 0 saturated heterocycles. The van der Waals surface area contributed by atoms with Crippen molar-refractivity contribution < 1.29 is 4.74 Å². The van der Waals surface area contributed by atoms with Gasteiger partial charge in [-0.05, 0) is 38.8 Å². The van der Waals surface area contributed by atoms with E-state index in [1.165, 1.54) is 5.56 Å². The molecule has 1 aromatic carbocycles. The van der Waals surface area contributed by atoms with Crippen molar-refractivity contribution in [2.45, 2.75) is 33.8 Å². The standard InChI is InChI=1S/C15H20N4O/c1-9(2)20-15-18-13(17-14(16-5)19-15)12-8-6-7-10(3)11(12)4/h6-9H,1-5H3,(H,16,17,18,19). The lowest BCUT2D eigenvalue weighted by Crippen LogP contribution is -2.11. The van der Waals surface area contributed by atoms with Gasteiger partial charge in [0.25, 0.3) is 0 Å². The van der Waals surface area contributed by atoms with Gasteiger partial charge in [-0.25, -0.2) is 0 Å². The van der Waals surface area contributed by atoms with Gasteiger partial charge in [-0.3, -0.25) is 0 Å². The van der Waals surface area contributed by atoms with Crippen LogP contribution in [-0.4, -0.2) is 28.1 Å². The first-order chi connectivity index (χ1) is 9.51. The average Bonchev–Trinajstić information content (AvgIpc) is 2.40. The molecule has 0 aliphatic carbocycles. The zero-order valence-electron chi connectivity index (χ0n) is 12.6. The zero-order chi connectivity index (χ0) is 14.7. The Morgan fingerprint density at radius 1 is 1.10 bits per heavy atom. The van der Waals surface area contributed by atoms with Crippen LogP contribution in [0.1, 0.15) is 25.0 Å². The van der Waals surface area contributed by atoms with Crippen molar-refractivity contribution in [2.75, 3.05) is 12.4 Å². The van der Waals surface area contributed by atoms with Crippen LogP contribution in [0.3, 0.4) is 0 Å². The average molecular weight is 272 g/mol. The molecule has 5 nitrogen and oxygen atoms in total. The molecular weight excluding hydrogens is 252 g/mol. The summed E-state index contributed by atoms with van der Waals surface area (Å²) in [5.41, 5.74) is 3.37. The second kappa shape index (κ2) is 5.86. The summed E-state index contributed by atoms with van der Waals surface area (Å²) in [6.45, 7) is 8.03. The molecule has 0 atom stereocenters. The minimum Gasteiger partial charge on any atom is -0.461 e. The summed E-state index contributed by atoms with van der Waals surface area (Å²) in [6, 6.07) is 6.43. The van der Waals surface area contributed by atoms with Gasteiger partial charge in [0.15, 0.2) is 5.82 Å². The van der Waals surface area contributed by atoms with Crippen molar-refractivity contribution >= 4 is 5.95 Å². The third-order valence-electron chi connectivity index (χ3n) is 3.03. The number of ether oxygens (including phenoxy) is 1. The Kier molecular flexibility index (Phi) is 4.17. The highest BCUT2D eigenvalue weighted by Crippen LogP contribution is 2.24. The van der Waals surface area contributed by atoms with Crippen LogP contribution in [0.15, 0.2) is 18.2 Å². The maximum atomic E-state index is 5.59. The third-order valence-corrected chi connectivity index (χ3v) is 3.03. The molecule has 0 unspecified atom stereocenters. The minimum atomic E-state index is 0.0218. The fourth-order valence-corrected chi connectivity index (χ4v) is 1.85. The molecule has 20 heavy (non-hydrogen) atoms. The van der Waals surface area contributed by atoms with Gasteiger partial charge in [-0.2, -0.15) is 15.0 Å². The summed E-state index contributed by atoms with van der Waals surface area (Å²) in [5.74, 6) is 1.13. The molecule has 0 radical (unpaired) electrons. The van der Waals surface area contributed by atoms with E-state index in [0.717, 1.165) is 11.1 Å². The van der Waals surface area contributed by atoms with E-state index in [2.05, 4.69) is 40.2 Å². The Bertz CT molecular complexity index is 611. The number of rotatable bonds is 4. The summed E-state index contributed by atoms with van der Waals surface area (Å²) in [7, 11) is 1.78. The first kappa shape index (κ1) is 14.2. The van der Waals surface area contributed by atoms with Crippen molar-refractivity contribution in [2.24, 2.45) is 0 Å². The van der Waals surface area contributed by atoms with Gasteiger partial charge in [-0.15, -0.1) is 0 Å². The van der Waals surface area contributed by atoms with Gasteiger partial charge < -0.3 is 10.1 Å². The highest BCUT2D eigenvalue weighted by molar-refractivity contribution is 5.62. The molecule has 2 aromatic rings. The van der Waals surface area contributed by atoms with Gasteiger partial charge in [0.05, 0.1) is 6.10 Å². The van der Waals surface area contributed by atoms with E-state index in [0.29, 0.717) is 17.8 Å². The highest BCUT2D eigenvalue weighted by atomic mass is 16.5. The summed E-state index contributed by atoms with van der Waals surface area (Å²) in [6.07, 6.45) is 0.0218. The molecule has 1 N–H and O–H groups in total. The van der Waals surface area contributed by atoms with Crippen LogP contribution >= 0.6 is 0 Å². The van der Waals surface area contributed by atoms with Crippen molar-refractivity contribution in [3.63, 3.8) is 0 Å². The number of nitrogens with one attached hydrogen (secondary N) is 1. The van der Waals surface area contributed by atoms with E-state index in [4.69, 9.17) is 4.74 Å². The molecule has 1 aromatic heterocycles. The molecule has 2 rings (SSSR count). The molecule has 0 aliphatic heterocycles. The number of anilines is 1. The van der Waals surface area contributed by atoms with Crippen LogP contribution in [0.25, 0.3) is 11.4 Å². The quantitative estimate of drug-likeness (QED) is 0.927. The number of aromatic nitrogens is 3. The van der Waals surface area contributed by atoms with E-state index in [9.17, 15) is 0 Å². The van der Waals surface area contributed by atoms with Gasteiger partial charge >= 0.3 is 6.01 Å². The largest absolute Gasteiger partial charge is 0.461 e. The Hall–Kier alpha value is -2.17. The molecule has 0 bridgehead atoms. The molecule has 0 fully saturated rings. The summed E-state index contributed by atoms with van der Waals surface area (Å²) < 4.78 is 5.59. The molecule has 0 aliphatic rings. The smallest absolute Gasteiger partial charge is 0.322 e. The first-order valence-corrected chi connectivity index (χ1v) is 6.68. The molecular formula is C15H20N4O. The third kappa shape index (κ3) is 3.04. The fourth-order valence-electron chi connectivity index (χ4n) is 1.85. The maximum Gasteiger partial charge on any atom is 0.322 e. The van der Waals surface area contributed by atoms with Crippen LogP contribution in [0.2, 0.25) is 0 Å². The van der Waals surface area contributed by atoms with Crippen LogP contribution in [0, 0.1) is 13.8 Å². The predicted octanol–water partition coefficient (Wildman–Crippen LogP) is 2.98. The van der Waals surface area contributed by atoms with E-state index in [1.54, 1.807) is 7.05 Å². The molecule has 0 amide bonds. The predicted molar refractivity (Wildman–Crippen MR) is 80.0 cm³/mol. The lowest BCUT2D eigenvalue weighted by Gasteiger charge is -2.12. The molecule has 0 saturated carbocycles. The number of nitrogens with zero attached hydrogens (tertiary/aromatic N) is 3. The Morgan fingerprint density at radius 2 is 1.85 bits per heavy atom. The van der Waals surface area contributed by atoms with Crippen molar-refractivity contribution in [1.82, 2.24) is 15.0 Å². The second-order valence-electron chi connectivity index (χ2n) is 4.93. The monoisotopic (exact) mass is 272 g/mol. The van der Waals surface area contributed by atoms with E-state index in [-0.39, 0.29) is 6.10 Å². The highest BCUT2D eigenvalue weighted by Gasteiger charge is 2.12. The van der Waals surface area contributed by atoms with E-state index >= 15 is 0 Å². The first-order valence-electron chi connectivity index (χ1n) is 6.68. The van der Waals surface area contributed by atoms with Gasteiger partial charge in [-0.1, -0.05) is 18.2 Å². The molecule has 0 spiro atoms. The summed E-state index contributed by atoms with van der Waals surface area (Å²) in [4.78, 5) is 13.0.